The Morgan fingerprint density at radius 1 is 1.17 bits per heavy atom. The molecule has 0 radical (unpaired) electrons. The molecule has 0 bridgehead atoms. The van der Waals surface area contributed by atoms with Crippen LogP contribution in [0, 0.1) is 0 Å². The van der Waals surface area contributed by atoms with Gasteiger partial charge in [0, 0.05) is 6.20 Å². The molecule has 3 nitrogen and oxygen atoms in total. The first kappa shape index (κ1) is 15.5. The van der Waals surface area contributed by atoms with Crippen LogP contribution in [0.15, 0.2) is 66.4 Å². The first-order chi connectivity index (χ1) is 11.3. The van der Waals surface area contributed by atoms with Crippen molar-refractivity contribution in [3.8, 4) is 0 Å². The number of hydrogen-bond acceptors (Lipinski definition) is 3. The van der Waals surface area contributed by atoms with Crippen molar-refractivity contribution in [1.29, 1.82) is 0 Å². The van der Waals surface area contributed by atoms with Gasteiger partial charge in [-0.25, -0.2) is 9.78 Å². The lowest BCUT2D eigenvalue weighted by Gasteiger charge is -2.13. The van der Waals surface area contributed by atoms with Gasteiger partial charge in [0.2, 0.25) is 0 Å². The second-order valence-corrected chi connectivity index (χ2v) is 5.80. The normalized spacial score (nSPS) is 19.0. The minimum absolute atomic E-state index is 0.0831. The summed E-state index contributed by atoms with van der Waals surface area (Å²) in [7, 11) is 0. The number of nitrogens with zero attached hydrogens (tertiary/aromatic N) is 1. The Bertz CT molecular complexity index is 665. The van der Waals surface area contributed by atoms with Gasteiger partial charge in [0.05, 0.1) is 0 Å². The van der Waals surface area contributed by atoms with E-state index in [4.69, 9.17) is 4.74 Å². The largest absolute Gasteiger partial charge is 0.453 e. The van der Waals surface area contributed by atoms with Crippen molar-refractivity contribution in [3.05, 3.63) is 77.6 Å². The lowest BCUT2D eigenvalue weighted by atomic mass is 10.1. The Morgan fingerprint density at radius 3 is 2.78 bits per heavy atom. The Kier molecular flexibility index (Phi) is 5.20. The Morgan fingerprint density at radius 2 is 2.00 bits per heavy atom. The van der Waals surface area contributed by atoms with Crippen LogP contribution in [0.25, 0.3) is 0 Å². The van der Waals surface area contributed by atoms with E-state index >= 15 is 0 Å². The maximum absolute atomic E-state index is 12.1. The zero-order chi connectivity index (χ0) is 15.9. The Labute approximate surface area is 137 Å². The van der Waals surface area contributed by atoms with Crippen LogP contribution in [-0.2, 0) is 11.2 Å². The summed E-state index contributed by atoms with van der Waals surface area (Å²) in [5, 5.41) is 0. The van der Waals surface area contributed by atoms with Crippen LogP contribution in [-0.4, -0.2) is 17.1 Å². The van der Waals surface area contributed by atoms with Crippen molar-refractivity contribution in [2.24, 2.45) is 0 Å². The monoisotopic (exact) mass is 307 g/mol. The van der Waals surface area contributed by atoms with Crippen molar-refractivity contribution in [1.82, 2.24) is 4.98 Å². The van der Waals surface area contributed by atoms with Crippen LogP contribution >= 0.6 is 0 Å². The van der Waals surface area contributed by atoms with Crippen LogP contribution in [0.4, 0.5) is 0 Å². The maximum Gasteiger partial charge on any atom is 0.357 e. The molecule has 3 rings (SSSR count). The average Bonchev–Trinajstić information content (AvgIpc) is 3.04. The molecule has 0 aliphatic heterocycles. The highest BCUT2D eigenvalue weighted by molar-refractivity contribution is 5.87. The molecule has 2 aromatic rings. The molecular formula is C20H21NO2. The van der Waals surface area contributed by atoms with Crippen LogP contribution in [0.1, 0.15) is 41.7 Å². The van der Waals surface area contributed by atoms with Crippen molar-refractivity contribution in [3.63, 3.8) is 0 Å². The Balaban J connectivity index is 1.57. The highest BCUT2D eigenvalue weighted by Gasteiger charge is 2.25. The Hall–Kier alpha value is -2.42. The molecule has 1 fully saturated rings. The molecule has 0 spiro atoms. The van der Waals surface area contributed by atoms with E-state index in [1.807, 2.05) is 6.07 Å². The smallest absolute Gasteiger partial charge is 0.357 e. The molecule has 1 saturated carbocycles. The molecule has 1 aliphatic rings. The number of pyridine rings is 1. The number of esters is 1. The lowest BCUT2D eigenvalue weighted by Crippen LogP contribution is -2.17. The molecule has 0 unspecified atom stereocenters. The van der Waals surface area contributed by atoms with Gasteiger partial charge in [-0.2, -0.15) is 0 Å². The molecule has 118 valence electrons. The van der Waals surface area contributed by atoms with Crippen molar-refractivity contribution in [2.75, 3.05) is 0 Å². The summed E-state index contributed by atoms with van der Waals surface area (Å²) >= 11 is 0. The fourth-order valence-electron chi connectivity index (χ4n) is 2.95. The number of carbonyl (C=O) groups is 1. The zero-order valence-electron chi connectivity index (χ0n) is 13.2. The second-order valence-electron chi connectivity index (χ2n) is 5.80. The van der Waals surface area contributed by atoms with Gasteiger partial charge in [-0.05, 0) is 55.4 Å². The van der Waals surface area contributed by atoms with Gasteiger partial charge in [-0.15, -0.1) is 0 Å². The van der Waals surface area contributed by atoms with Crippen LogP contribution in [0.5, 0.6) is 0 Å². The summed E-state index contributed by atoms with van der Waals surface area (Å²) in [5.41, 5.74) is 2.97. The van der Waals surface area contributed by atoms with E-state index in [1.165, 1.54) is 11.1 Å². The van der Waals surface area contributed by atoms with Crippen LogP contribution in [0.2, 0.25) is 0 Å². The highest BCUT2D eigenvalue weighted by atomic mass is 16.5. The maximum atomic E-state index is 12.1. The summed E-state index contributed by atoms with van der Waals surface area (Å²) in [6.07, 6.45) is 8.79. The molecule has 0 N–H and O–H groups in total. The van der Waals surface area contributed by atoms with Gasteiger partial charge in [0.15, 0.2) is 0 Å². The molecule has 1 atom stereocenters. The number of carbonyl (C=O) groups excluding carboxylic acids is 1. The standard InChI is InChI=1S/C20H21NO2/c22-20(18-13-4-5-15-21-18)23-19-14-7-12-17(19)11-6-10-16-8-2-1-3-9-16/h1-5,8-9,11,13,15,19H,6-7,10,12,14H2/b17-11+/t19-/m1/s1. The fourth-order valence-corrected chi connectivity index (χ4v) is 2.95. The number of allylic oxidation sites excluding steroid dienone is 1. The lowest BCUT2D eigenvalue weighted by molar-refractivity contribution is 0.0378. The predicted molar refractivity (Wildman–Crippen MR) is 90.1 cm³/mol. The predicted octanol–water partition coefficient (Wildman–Crippen LogP) is 4.35. The van der Waals surface area contributed by atoms with E-state index < -0.39 is 0 Å². The minimum Gasteiger partial charge on any atom is -0.453 e. The summed E-state index contributed by atoms with van der Waals surface area (Å²) in [6, 6.07) is 15.7. The summed E-state index contributed by atoms with van der Waals surface area (Å²) in [6.45, 7) is 0. The fraction of sp³-hybridized carbons (Fsp3) is 0.300. The van der Waals surface area contributed by atoms with Crippen molar-refractivity contribution in [2.45, 2.75) is 38.2 Å². The van der Waals surface area contributed by atoms with Gasteiger partial charge in [-0.1, -0.05) is 42.5 Å². The third-order valence-electron chi connectivity index (χ3n) is 4.15. The quantitative estimate of drug-likeness (QED) is 0.609. The first-order valence-corrected chi connectivity index (χ1v) is 8.18. The first-order valence-electron chi connectivity index (χ1n) is 8.18. The molecule has 3 heteroatoms. The molecule has 0 amide bonds. The molecule has 1 aromatic heterocycles. The van der Waals surface area contributed by atoms with E-state index in [0.717, 1.165) is 32.1 Å². The molecule has 1 heterocycles. The molecule has 1 aliphatic carbocycles. The number of rotatable bonds is 5. The van der Waals surface area contributed by atoms with Gasteiger partial charge < -0.3 is 4.74 Å². The van der Waals surface area contributed by atoms with Crippen molar-refractivity contribution >= 4 is 5.97 Å². The van der Waals surface area contributed by atoms with E-state index in [2.05, 4.69) is 35.3 Å². The van der Waals surface area contributed by atoms with Gasteiger partial charge in [0.1, 0.15) is 11.8 Å². The van der Waals surface area contributed by atoms with Gasteiger partial charge >= 0.3 is 5.97 Å². The van der Waals surface area contributed by atoms with Crippen molar-refractivity contribution < 1.29 is 9.53 Å². The molecule has 23 heavy (non-hydrogen) atoms. The number of benzene rings is 1. The SMILES string of the molecule is O=C(O[C@@H]1CCC/C1=C\CCc1ccccc1)c1ccccn1. The third kappa shape index (κ3) is 4.28. The van der Waals surface area contributed by atoms with Crippen LogP contribution in [0.3, 0.4) is 0 Å². The van der Waals surface area contributed by atoms with Crippen LogP contribution < -0.4 is 0 Å². The average molecular weight is 307 g/mol. The number of ether oxygens (including phenoxy) is 1. The molecule has 0 saturated heterocycles. The topological polar surface area (TPSA) is 39.2 Å². The molecule has 1 aromatic carbocycles. The molecular weight excluding hydrogens is 286 g/mol. The number of aryl methyl sites for hydroxylation is 1. The van der Waals surface area contributed by atoms with Gasteiger partial charge in [0.25, 0.3) is 0 Å². The van der Waals surface area contributed by atoms with E-state index in [0.29, 0.717) is 5.69 Å². The number of aromatic nitrogens is 1. The van der Waals surface area contributed by atoms with E-state index in [-0.39, 0.29) is 12.1 Å². The third-order valence-corrected chi connectivity index (χ3v) is 4.15. The highest BCUT2D eigenvalue weighted by Crippen LogP contribution is 2.28. The summed E-state index contributed by atoms with van der Waals surface area (Å²) in [5.74, 6) is -0.327. The number of hydrogen-bond donors (Lipinski definition) is 0. The van der Waals surface area contributed by atoms with E-state index in [9.17, 15) is 4.79 Å². The van der Waals surface area contributed by atoms with E-state index in [1.54, 1.807) is 24.4 Å². The summed E-state index contributed by atoms with van der Waals surface area (Å²) < 4.78 is 5.64. The van der Waals surface area contributed by atoms with Gasteiger partial charge in [-0.3, -0.25) is 0 Å². The summed E-state index contributed by atoms with van der Waals surface area (Å²) in [4.78, 5) is 16.2. The minimum atomic E-state index is -0.327. The zero-order valence-corrected chi connectivity index (χ0v) is 13.2. The second kappa shape index (κ2) is 7.73.